The molecule has 0 aliphatic heterocycles. The van der Waals surface area contributed by atoms with Crippen LogP contribution in [0, 0.1) is 0 Å². The van der Waals surface area contributed by atoms with E-state index in [1.807, 2.05) is 6.92 Å². The molecule has 0 radical (unpaired) electrons. The molecule has 0 rings (SSSR count). The molecule has 4 heteroatoms. The molecule has 0 amide bonds. The molecule has 4 nitrogen and oxygen atoms in total. The minimum absolute atomic E-state index is 0.0345. The van der Waals surface area contributed by atoms with Crippen LogP contribution in [-0.2, 0) is 15.0 Å². The van der Waals surface area contributed by atoms with Gasteiger partial charge in [0.1, 0.15) is 0 Å². The molecule has 0 aromatic rings. The van der Waals surface area contributed by atoms with Crippen molar-refractivity contribution in [1.82, 2.24) is 0 Å². The van der Waals surface area contributed by atoms with E-state index in [0.717, 1.165) is 12.8 Å². The van der Waals surface area contributed by atoms with Crippen LogP contribution < -0.4 is 0 Å². The first-order valence-corrected chi connectivity index (χ1v) is 5.94. The van der Waals surface area contributed by atoms with Gasteiger partial charge in [-0.1, -0.05) is 51.9 Å². The van der Waals surface area contributed by atoms with E-state index < -0.39 is 0 Å². The van der Waals surface area contributed by atoms with Gasteiger partial charge in [0.15, 0.2) is 0 Å². The van der Waals surface area contributed by atoms with Crippen molar-refractivity contribution in [2.24, 2.45) is 0 Å². The van der Waals surface area contributed by atoms with Crippen molar-refractivity contribution < 1.29 is 20.2 Å². The van der Waals surface area contributed by atoms with Gasteiger partial charge in [0.05, 0.1) is 6.10 Å². The van der Waals surface area contributed by atoms with Crippen LogP contribution in [0.4, 0.5) is 0 Å². The first-order valence-electron chi connectivity index (χ1n) is 5.94. The van der Waals surface area contributed by atoms with E-state index in [0.29, 0.717) is 0 Å². The van der Waals surface area contributed by atoms with Crippen LogP contribution >= 0.6 is 0 Å². The first kappa shape index (κ1) is 14.8. The summed E-state index contributed by atoms with van der Waals surface area (Å²) < 4.78 is 0. The van der Waals surface area contributed by atoms with Crippen LogP contribution in [0.2, 0.25) is 0 Å². The maximum atomic E-state index is 7.86. The smallest absolute Gasteiger partial charge is 0.0934 e. The quantitative estimate of drug-likeness (QED) is 0.326. The van der Waals surface area contributed by atoms with Crippen molar-refractivity contribution in [1.29, 1.82) is 0 Å². The zero-order valence-corrected chi connectivity index (χ0v) is 9.91. The minimum atomic E-state index is -0.0345. The van der Waals surface area contributed by atoms with Crippen LogP contribution in [0.25, 0.3) is 0 Å². The van der Waals surface area contributed by atoms with E-state index >= 15 is 0 Å². The Bertz CT molecular complexity index is 119. The highest BCUT2D eigenvalue weighted by atomic mass is 17.6. The van der Waals surface area contributed by atoms with Gasteiger partial charge in [0.2, 0.25) is 0 Å². The maximum Gasteiger partial charge on any atom is 0.0934 e. The average Bonchev–Trinajstić information content (AvgIpc) is 2.25. The highest BCUT2D eigenvalue weighted by Crippen LogP contribution is 2.10. The third-order valence-electron chi connectivity index (χ3n) is 2.45. The molecule has 1 unspecified atom stereocenters. The van der Waals surface area contributed by atoms with Crippen molar-refractivity contribution in [3.63, 3.8) is 0 Å². The fourth-order valence-electron chi connectivity index (χ4n) is 1.52. The summed E-state index contributed by atoms with van der Waals surface area (Å²) in [7, 11) is 0. The summed E-state index contributed by atoms with van der Waals surface area (Å²) in [5.74, 6) is 0. The molecule has 92 valence electrons. The van der Waals surface area contributed by atoms with Gasteiger partial charge in [-0.05, 0) is 23.4 Å². The van der Waals surface area contributed by atoms with Gasteiger partial charge in [-0.25, -0.2) is 10.1 Å². The summed E-state index contributed by atoms with van der Waals surface area (Å²) >= 11 is 0. The van der Waals surface area contributed by atoms with Crippen molar-refractivity contribution in [2.75, 3.05) is 0 Å². The van der Waals surface area contributed by atoms with Crippen molar-refractivity contribution in [2.45, 2.75) is 71.3 Å². The van der Waals surface area contributed by atoms with Crippen molar-refractivity contribution >= 4 is 0 Å². The van der Waals surface area contributed by atoms with Crippen LogP contribution in [0.3, 0.4) is 0 Å². The van der Waals surface area contributed by atoms with Gasteiger partial charge in [-0.15, -0.1) is 0 Å². The van der Waals surface area contributed by atoms with Gasteiger partial charge in [0.25, 0.3) is 0 Å². The standard InChI is InChI=1S/C11H24O4/c1-3-4-5-6-7-8-9-10-11(2)13-15-14-12/h11-12H,3-10H2,1-2H3. The van der Waals surface area contributed by atoms with E-state index in [4.69, 9.17) is 5.26 Å². The van der Waals surface area contributed by atoms with Crippen LogP contribution in [-0.4, -0.2) is 11.4 Å². The molecule has 0 spiro atoms. The second-order valence-corrected chi connectivity index (χ2v) is 3.96. The minimum Gasteiger partial charge on any atom is -0.219 e. The van der Waals surface area contributed by atoms with Crippen LogP contribution in [0.15, 0.2) is 0 Å². The zero-order valence-electron chi connectivity index (χ0n) is 9.91. The lowest BCUT2D eigenvalue weighted by molar-refractivity contribution is -0.630. The Labute approximate surface area is 92.3 Å². The van der Waals surface area contributed by atoms with Crippen molar-refractivity contribution in [3.8, 4) is 0 Å². The summed E-state index contributed by atoms with van der Waals surface area (Å²) in [6.45, 7) is 4.11. The normalized spacial score (nSPS) is 13.0. The molecule has 0 aliphatic rings. The lowest BCUT2D eigenvalue weighted by Crippen LogP contribution is -2.08. The van der Waals surface area contributed by atoms with E-state index in [1.165, 1.54) is 38.5 Å². The fraction of sp³-hybridized carbons (Fsp3) is 1.00. The Morgan fingerprint density at radius 3 is 2.20 bits per heavy atom. The summed E-state index contributed by atoms with van der Waals surface area (Å²) in [5.41, 5.74) is 0. The topological polar surface area (TPSA) is 47.9 Å². The van der Waals surface area contributed by atoms with Gasteiger partial charge < -0.3 is 0 Å². The molecule has 1 N–H and O–H groups in total. The van der Waals surface area contributed by atoms with E-state index in [-0.39, 0.29) is 6.10 Å². The molecule has 0 bridgehead atoms. The molecule has 0 aromatic heterocycles. The lowest BCUT2D eigenvalue weighted by Gasteiger charge is -2.08. The molecular formula is C11H24O4. The van der Waals surface area contributed by atoms with E-state index in [9.17, 15) is 0 Å². The summed E-state index contributed by atoms with van der Waals surface area (Å²) in [6, 6.07) is 0. The Morgan fingerprint density at radius 2 is 1.60 bits per heavy atom. The molecule has 1 atom stereocenters. The predicted octanol–water partition coefficient (Wildman–Crippen LogP) is 3.87. The van der Waals surface area contributed by atoms with Gasteiger partial charge in [-0.2, -0.15) is 0 Å². The van der Waals surface area contributed by atoms with Crippen LogP contribution in [0.1, 0.15) is 65.2 Å². The van der Waals surface area contributed by atoms with Crippen LogP contribution in [0.5, 0.6) is 0 Å². The average molecular weight is 220 g/mol. The van der Waals surface area contributed by atoms with E-state index in [2.05, 4.69) is 21.9 Å². The number of hydrogen-bond acceptors (Lipinski definition) is 4. The molecule has 0 saturated heterocycles. The molecule has 0 heterocycles. The molecule has 0 fully saturated rings. The van der Waals surface area contributed by atoms with Gasteiger partial charge in [0, 0.05) is 0 Å². The summed E-state index contributed by atoms with van der Waals surface area (Å²) in [6.07, 6.45) is 9.88. The maximum absolute atomic E-state index is 7.86. The fourth-order valence-corrected chi connectivity index (χ4v) is 1.52. The molecule has 0 aliphatic carbocycles. The number of unbranched alkanes of at least 4 members (excludes halogenated alkanes) is 6. The molecule has 0 aromatic carbocycles. The Kier molecular flexibility index (Phi) is 11.8. The second-order valence-electron chi connectivity index (χ2n) is 3.96. The Morgan fingerprint density at radius 1 is 1.00 bits per heavy atom. The molecular weight excluding hydrogens is 196 g/mol. The molecule has 15 heavy (non-hydrogen) atoms. The molecule has 0 saturated carbocycles. The second kappa shape index (κ2) is 11.9. The zero-order chi connectivity index (χ0) is 11.4. The Hall–Kier alpha value is -0.160. The first-order chi connectivity index (χ1) is 7.31. The predicted molar refractivity (Wildman–Crippen MR) is 58.0 cm³/mol. The largest absolute Gasteiger partial charge is 0.219 e. The summed E-state index contributed by atoms with van der Waals surface area (Å²) in [5, 5.41) is 15.2. The lowest BCUT2D eigenvalue weighted by atomic mass is 10.1. The highest BCUT2D eigenvalue weighted by Gasteiger charge is 2.03. The van der Waals surface area contributed by atoms with Crippen molar-refractivity contribution in [3.05, 3.63) is 0 Å². The third kappa shape index (κ3) is 11.8. The SMILES string of the molecule is CCCCCCCCCC(C)OOOO. The third-order valence-corrected chi connectivity index (χ3v) is 2.45. The van der Waals surface area contributed by atoms with E-state index in [1.54, 1.807) is 0 Å². The Balaban J connectivity index is 3.02. The number of rotatable bonds is 11. The van der Waals surface area contributed by atoms with Gasteiger partial charge in [-0.3, -0.25) is 0 Å². The van der Waals surface area contributed by atoms with Gasteiger partial charge >= 0.3 is 0 Å². The monoisotopic (exact) mass is 220 g/mol. The summed E-state index contributed by atoms with van der Waals surface area (Å²) in [4.78, 5) is 4.66. The highest BCUT2D eigenvalue weighted by molar-refractivity contribution is 4.50. The number of hydrogen-bond donors (Lipinski definition) is 1.